The Morgan fingerprint density at radius 1 is 0.840 bits per heavy atom. The van der Waals surface area contributed by atoms with Crippen LogP contribution >= 0.6 is 0 Å². The van der Waals surface area contributed by atoms with Crippen molar-refractivity contribution in [2.45, 2.75) is 31.6 Å². The molecular weight excluding hydrogens is 308 g/mol. The van der Waals surface area contributed by atoms with Crippen molar-refractivity contribution in [1.82, 2.24) is 0 Å². The topological polar surface area (TPSA) is 26.3 Å². The lowest BCUT2D eigenvalue weighted by molar-refractivity contribution is -0.140. The van der Waals surface area contributed by atoms with Crippen molar-refractivity contribution in [1.29, 1.82) is 0 Å². The van der Waals surface area contributed by atoms with E-state index in [4.69, 9.17) is 4.74 Å². The molecule has 2 aliphatic rings. The second-order valence-electron chi connectivity index (χ2n) is 6.72. The molecule has 0 amide bonds. The monoisotopic (exact) mass is 330 g/mol. The van der Waals surface area contributed by atoms with E-state index in [0.717, 1.165) is 42.6 Å². The zero-order valence-electron chi connectivity index (χ0n) is 14.2. The molecular formula is C23H22O2. The lowest BCUT2D eigenvalue weighted by Crippen LogP contribution is -2.31. The predicted octanol–water partition coefficient (Wildman–Crippen LogP) is 5.48. The molecule has 0 aromatic heterocycles. The van der Waals surface area contributed by atoms with Gasteiger partial charge in [-0.05, 0) is 36.8 Å². The van der Waals surface area contributed by atoms with Crippen LogP contribution < -0.4 is 0 Å². The van der Waals surface area contributed by atoms with E-state index in [1.165, 1.54) is 5.57 Å². The van der Waals surface area contributed by atoms with Gasteiger partial charge in [-0.15, -0.1) is 0 Å². The molecule has 2 nitrogen and oxygen atoms in total. The molecule has 4 rings (SSSR count). The first-order chi connectivity index (χ1) is 12.3. The van der Waals surface area contributed by atoms with Crippen molar-refractivity contribution in [2.24, 2.45) is 5.92 Å². The van der Waals surface area contributed by atoms with E-state index in [0.29, 0.717) is 0 Å². The maximum atomic E-state index is 13.0. The number of hydrogen-bond donors (Lipinski definition) is 0. The highest BCUT2D eigenvalue weighted by Gasteiger charge is 2.40. The number of carbonyl (C=O) groups excluding carboxylic acids is 1. The highest BCUT2D eigenvalue weighted by atomic mass is 16.5. The normalized spacial score (nSPS) is 23.4. The molecule has 1 aliphatic heterocycles. The van der Waals surface area contributed by atoms with Crippen molar-refractivity contribution in [3.8, 4) is 0 Å². The fraction of sp³-hybridized carbons (Fsp3) is 0.261. The SMILES string of the molecule is O=C1OC(c2ccccc2)=C2CCC=CCC[C@@H]2[C@H]1c1ccccc1. The standard InChI is InChI=1S/C23H22O2/c24-23-21(17-11-5-3-6-12-17)19-15-9-1-2-10-16-20(19)22(25-23)18-13-7-4-8-14-18/h1-8,11-14,19,21H,9-10,15-16H2/t19-,21+/m0/s1. The first-order valence-electron chi connectivity index (χ1n) is 9.04. The average molecular weight is 330 g/mol. The number of benzene rings is 2. The first kappa shape index (κ1) is 15.9. The maximum Gasteiger partial charge on any atom is 0.319 e. The molecule has 2 heteroatoms. The number of esters is 1. The van der Waals surface area contributed by atoms with Gasteiger partial charge in [0.15, 0.2) is 0 Å². The third kappa shape index (κ3) is 3.17. The molecule has 0 fully saturated rings. The summed E-state index contributed by atoms with van der Waals surface area (Å²) >= 11 is 0. The Labute approximate surface area is 148 Å². The smallest absolute Gasteiger partial charge is 0.319 e. The fourth-order valence-electron chi connectivity index (χ4n) is 4.02. The van der Waals surface area contributed by atoms with E-state index in [-0.39, 0.29) is 17.8 Å². The Balaban J connectivity index is 1.83. The van der Waals surface area contributed by atoms with Crippen LogP contribution in [-0.4, -0.2) is 5.97 Å². The summed E-state index contributed by atoms with van der Waals surface area (Å²) in [6, 6.07) is 20.1. The van der Waals surface area contributed by atoms with Gasteiger partial charge < -0.3 is 4.74 Å². The van der Waals surface area contributed by atoms with E-state index >= 15 is 0 Å². The second kappa shape index (κ2) is 7.10. The van der Waals surface area contributed by atoms with Gasteiger partial charge in [-0.1, -0.05) is 72.8 Å². The van der Waals surface area contributed by atoms with Crippen LogP contribution in [-0.2, 0) is 9.53 Å². The van der Waals surface area contributed by atoms with Crippen LogP contribution in [0.5, 0.6) is 0 Å². The number of fused-ring (bicyclic) bond motifs is 1. The van der Waals surface area contributed by atoms with E-state index in [1.807, 2.05) is 60.7 Å². The number of carbonyl (C=O) groups is 1. The van der Waals surface area contributed by atoms with Crippen molar-refractivity contribution < 1.29 is 9.53 Å². The quantitative estimate of drug-likeness (QED) is 0.538. The Morgan fingerprint density at radius 2 is 1.52 bits per heavy atom. The Morgan fingerprint density at radius 3 is 2.28 bits per heavy atom. The fourth-order valence-corrected chi connectivity index (χ4v) is 4.02. The minimum Gasteiger partial charge on any atom is -0.425 e. The molecule has 126 valence electrons. The molecule has 1 heterocycles. The first-order valence-corrected chi connectivity index (χ1v) is 9.04. The molecule has 2 aromatic rings. The van der Waals surface area contributed by atoms with E-state index in [1.54, 1.807) is 0 Å². The van der Waals surface area contributed by atoms with Gasteiger partial charge in [-0.25, -0.2) is 0 Å². The molecule has 1 aliphatic carbocycles. The van der Waals surface area contributed by atoms with Crippen LogP contribution in [0.2, 0.25) is 0 Å². The van der Waals surface area contributed by atoms with E-state index in [9.17, 15) is 4.79 Å². The van der Waals surface area contributed by atoms with Gasteiger partial charge in [0.05, 0.1) is 5.92 Å². The number of rotatable bonds is 2. The molecule has 2 atom stereocenters. The Kier molecular flexibility index (Phi) is 4.51. The molecule has 0 spiro atoms. The van der Waals surface area contributed by atoms with Gasteiger partial charge in [0.1, 0.15) is 5.76 Å². The lowest BCUT2D eigenvalue weighted by atomic mass is 9.74. The maximum absolute atomic E-state index is 13.0. The third-order valence-corrected chi connectivity index (χ3v) is 5.18. The van der Waals surface area contributed by atoms with E-state index < -0.39 is 0 Å². The van der Waals surface area contributed by atoms with Crippen molar-refractivity contribution in [3.63, 3.8) is 0 Å². The molecule has 0 bridgehead atoms. The second-order valence-corrected chi connectivity index (χ2v) is 6.72. The van der Waals surface area contributed by atoms with Gasteiger partial charge in [0.25, 0.3) is 0 Å². The minimum absolute atomic E-state index is 0.122. The zero-order chi connectivity index (χ0) is 17.1. The van der Waals surface area contributed by atoms with Crippen LogP contribution in [0.1, 0.15) is 42.7 Å². The third-order valence-electron chi connectivity index (χ3n) is 5.18. The number of cyclic esters (lactones) is 1. The lowest BCUT2D eigenvalue weighted by Gasteiger charge is -2.35. The van der Waals surface area contributed by atoms with Crippen molar-refractivity contribution >= 4 is 11.7 Å². The largest absolute Gasteiger partial charge is 0.425 e. The van der Waals surface area contributed by atoms with Crippen LogP contribution in [0, 0.1) is 5.92 Å². The van der Waals surface area contributed by atoms with Crippen LogP contribution in [0.4, 0.5) is 0 Å². The molecule has 0 radical (unpaired) electrons. The van der Waals surface area contributed by atoms with Gasteiger partial charge >= 0.3 is 5.97 Å². The molecule has 25 heavy (non-hydrogen) atoms. The summed E-state index contributed by atoms with van der Waals surface area (Å²) in [5, 5.41) is 0. The van der Waals surface area contributed by atoms with Gasteiger partial charge in [-0.2, -0.15) is 0 Å². The summed E-state index contributed by atoms with van der Waals surface area (Å²) in [6.45, 7) is 0. The summed E-state index contributed by atoms with van der Waals surface area (Å²) in [4.78, 5) is 13.0. The highest BCUT2D eigenvalue weighted by Crippen LogP contribution is 2.45. The summed E-state index contributed by atoms with van der Waals surface area (Å²) < 4.78 is 5.92. The van der Waals surface area contributed by atoms with Crippen molar-refractivity contribution in [2.75, 3.05) is 0 Å². The number of hydrogen-bond acceptors (Lipinski definition) is 2. The number of ether oxygens (including phenoxy) is 1. The Bertz CT molecular complexity index is 803. The van der Waals surface area contributed by atoms with Crippen LogP contribution in [0.15, 0.2) is 78.4 Å². The van der Waals surface area contributed by atoms with E-state index in [2.05, 4.69) is 12.2 Å². The van der Waals surface area contributed by atoms with Gasteiger partial charge in [0, 0.05) is 11.5 Å². The summed E-state index contributed by atoms with van der Waals surface area (Å²) in [7, 11) is 0. The molecule has 2 aromatic carbocycles. The Hall–Kier alpha value is -2.61. The molecule has 0 unspecified atom stereocenters. The van der Waals surface area contributed by atoms with Gasteiger partial charge in [0.2, 0.25) is 0 Å². The van der Waals surface area contributed by atoms with Crippen molar-refractivity contribution in [3.05, 3.63) is 89.5 Å². The molecule has 0 N–H and O–H groups in total. The average Bonchev–Trinajstić information content (AvgIpc) is 2.64. The predicted molar refractivity (Wildman–Crippen MR) is 99.7 cm³/mol. The molecule has 0 saturated heterocycles. The van der Waals surface area contributed by atoms with Crippen LogP contribution in [0.3, 0.4) is 0 Å². The molecule has 0 saturated carbocycles. The highest BCUT2D eigenvalue weighted by molar-refractivity contribution is 5.88. The van der Waals surface area contributed by atoms with Gasteiger partial charge in [-0.3, -0.25) is 4.79 Å². The van der Waals surface area contributed by atoms with Crippen LogP contribution in [0.25, 0.3) is 5.76 Å². The number of allylic oxidation sites excluding steroid dienone is 3. The summed E-state index contributed by atoms with van der Waals surface area (Å²) in [5.74, 6) is 0.681. The summed E-state index contributed by atoms with van der Waals surface area (Å²) in [6.07, 6.45) is 8.44. The summed E-state index contributed by atoms with van der Waals surface area (Å²) in [5.41, 5.74) is 3.36. The minimum atomic E-state index is -0.199. The zero-order valence-corrected chi connectivity index (χ0v) is 14.2.